The Labute approximate surface area is 229 Å². The normalized spacial score (nSPS) is 10.8. The topological polar surface area (TPSA) is 167 Å². The molecule has 0 saturated carbocycles. The van der Waals surface area contributed by atoms with Crippen LogP contribution in [0.1, 0.15) is 29.7 Å². The maximum absolute atomic E-state index is 13.3. The summed E-state index contributed by atoms with van der Waals surface area (Å²) in [6.07, 6.45) is 3.49. The van der Waals surface area contributed by atoms with Crippen molar-refractivity contribution in [3.8, 4) is 0 Å². The van der Waals surface area contributed by atoms with Crippen molar-refractivity contribution in [2.75, 3.05) is 41.4 Å². The largest absolute Gasteiger partial charge is 0.395 e. The van der Waals surface area contributed by atoms with Crippen molar-refractivity contribution in [3.05, 3.63) is 78.3 Å². The van der Waals surface area contributed by atoms with Crippen LogP contribution in [0.3, 0.4) is 0 Å². The standard InChI is InChI=1S/C27H29FN8O4/c1-2-35(14-15-37)22(38)11-10-21-34-23(24-25(29)30-12-13-36(21)24)26(39)31-18-6-8-19(9-7-18)32-27(40)33-20-5-3-4-17(28)16-20/h3-9,12-13,16,37H,2,10-11,14-15H2,1H3,(H2,29,30)(H,31,39)(H2,32,33,40). The zero-order valence-corrected chi connectivity index (χ0v) is 21.7. The average Bonchev–Trinajstić information content (AvgIpc) is 3.31. The number of aliphatic hydroxyl groups excluding tert-OH is 1. The number of rotatable bonds is 10. The lowest BCUT2D eigenvalue weighted by Gasteiger charge is -2.19. The van der Waals surface area contributed by atoms with Crippen molar-refractivity contribution in [1.82, 2.24) is 19.3 Å². The fraction of sp³-hybridized carbons (Fsp3) is 0.222. The van der Waals surface area contributed by atoms with Gasteiger partial charge in [-0.2, -0.15) is 0 Å². The second-order valence-corrected chi connectivity index (χ2v) is 8.73. The number of nitrogens with two attached hydrogens (primary N) is 1. The van der Waals surface area contributed by atoms with E-state index in [-0.39, 0.29) is 43.4 Å². The van der Waals surface area contributed by atoms with Gasteiger partial charge in [-0.05, 0) is 49.4 Å². The molecule has 208 valence electrons. The number of carbonyl (C=O) groups is 3. The zero-order valence-electron chi connectivity index (χ0n) is 21.7. The van der Waals surface area contributed by atoms with E-state index < -0.39 is 17.8 Å². The second-order valence-electron chi connectivity index (χ2n) is 8.73. The molecule has 0 fully saturated rings. The molecule has 0 saturated heterocycles. The number of aryl methyl sites for hydroxylation is 1. The number of fused-ring (bicyclic) bond motifs is 1. The molecule has 0 aliphatic heterocycles. The molecule has 0 aliphatic carbocycles. The van der Waals surface area contributed by atoms with Gasteiger partial charge in [-0.1, -0.05) is 6.07 Å². The molecule has 4 rings (SSSR count). The number of benzene rings is 2. The van der Waals surface area contributed by atoms with Crippen molar-refractivity contribution < 1.29 is 23.9 Å². The van der Waals surface area contributed by atoms with Crippen molar-refractivity contribution in [2.45, 2.75) is 19.8 Å². The van der Waals surface area contributed by atoms with Gasteiger partial charge in [0.2, 0.25) is 5.91 Å². The predicted molar refractivity (Wildman–Crippen MR) is 148 cm³/mol. The minimum absolute atomic E-state index is 0.0485. The van der Waals surface area contributed by atoms with Crippen LogP contribution in [-0.2, 0) is 11.2 Å². The van der Waals surface area contributed by atoms with Crippen LogP contribution in [0.4, 0.5) is 32.1 Å². The Hall–Kier alpha value is -5.04. The van der Waals surface area contributed by atoms with Crippen LogP contribution in [-0.4, -0.2) is 61.9 Å². The molecular formula is C27H29FN8O4. The van der Waals surface area contributed by atoms with Crippen LogP contribution >= 0.6 is 0 Å². The number of hydrogen-bond donors (Lipinski definition) is 5. The summed E-state index contributed by atoms with van der Waals surface area (Å²) in [7, 11) is 0. The fourth-order valence-corrected chi connectivity index (χ4v) is 4.10. The van der Waals surface area contributed by atoms with E-state index in [0.717, 1.165) is 0 Å². The third-order valence-corrected chi connectivity index (χ3v) is 6.02. The molecule has 0 spiro atoms. The van der Waals surface area contributed by atoms with E-state index in [9.17, 15) is 18.8 Å². The highest BCUT2D eigenvalue weighted by atomic mass is 19.1. The van der Waals surface area contributed by atoms with Crippen LogP contribution in [0.5, 0.6) is 0 Å². The molecule has 6 N–H and O–H groups in total. The lowest BCUT2D eigenvalue weighted by atomic mass is 10.2. The molecule has 2 aromatic heterocycles. The van der Waals surface area contributed by atoms with Gasteiger partial charge in [0.15, 0.2) is 5.69 Å². The predicted octanol–water partition coefficient (Wildman–Crippen LogP) is 3.12. The number of carbonyl (C=O) groups excluding carboxylic acids is 3. The summed E-state index contributed by atoms with van der Waals surface area (Å²) < 4.78 is 15.0. The number of amides is 4. The Morgan fingerprint density at radius 1 is 1.05 bits per heavy atom. The van der Waals surface area contributed by atoms with E-state index in [1.807, 2.05) is 6.92 Å². The highest BCUT2D eigenvalue weighted by Crippen LogP contribution is 2.22. The zero-order chi connectivity index (χ0) is 28.6. The Morgan fingerprint density at radius 2 is 1.75 bits per heavy atom. The van der Waals surface area contributed by atoms with Gasteiger partial charge in [0.25, 0.3) is 5.91 Å². The first-order valence-electron chi connectivity index (χ1n) is 12.5. The molecule has 0 aliphatic rings. The number of urea groups is 1. The summed E-state index contributed by atoms with van der Waals surface area (Å²) in [6, 6.07) is 11.3. The maximum atomic E-state index is 13.3. The van der Waals surface area contributed by atoms with Gasteiger partial charge in [0.05, 0.1) is 6.61 Å². The lowest BCUT2D eigenvalue weighted by Crippen LogP contribution is -2.33. The van der Waals surface area contributed by atoms with E-state index in [4.69, 9.17) is 10.8 Å². The number of halogens is 1. The smallest absolute Gasteiger partial charge is 0.323 e. The van der Waals surface area contributed by atoms with Gasteiger partial charge in [0.1, 0.15) is 23.0 Å². The van der Waals surface area contributed by atoms with Gasteiger partial charge in [0, 0.05) is 55.4 Å². The molecule has 4 amide bonds. The van der Waals surface area contributed by atoms with Crippen molar-refractivity contribution in [1.29, 1.82) is 0 Å². The Balaban J connectivity index is 1.44. The number of likely N-dealkylation sites (N-methyl/N-ethyl adjacent to an activating group) is 1. The van der Waals surface area contributed by atoms with Gasteiger partial charge in [-0.3, -0.25) is 14.0 Å². The third-order valence-electron chi connectivity index (χ3n) is 6.02. The molecule has 2 aromatic carbocycles. The number of nitrogens with zero attached hydrogens (tertiary/aromatic N) is 4. The Bertz CT molecular complexity index is 1520. The van der Waals surface area contributed by atoms with Gasteiger partial charge in [-0.15, -0.1) is 0 Å². The number of anilines is 4. The minimum Gasteiger partial charge on any atom is -0.395 e. The number of nitrogen functional groups attached to an aromatic ring is 1. The van der Waals surface area contributed by atoms with E-state index in [1.165, 1.54) is 24.4 Å². The SMILES string of the molecule is CCN(CCO)C(=O)CCc1nc(C(=O)Nc2ccc(NC(=O)Nc3cccc(F)c3)cc2)c2c(N)nccn12. The van der Waals surface area contributed by atoms with E-state index in [0.29, 0.717) is 34.9 Å². The van der Waals surface area contributed by atoms with Crippen LogP contribution in [0.25, 0.3) is 5.52 Å². The van der Waals surface area contributed by atoms with E-state index in [1.54, 1.807) is 45.8 Å². The molecular weight excluding hydrogens is 519 g/mol. The van der Waals surface area contributed by atoms with E-state index >= 15 is 0 Å². The minimum atomic E-state index is -0.556. The first kappa shape index (κ1) is 28.0. The van der Waals surface area contributed by atoms with E-state index in [2.05, 4.69) is 25.9 Å². The van der Waals surface area contributed by atoms with Gasteiger partial charge < -0.3 is 31.7 Å². The van der Waals surface area contributed by atoms with Crippen LogP contribution in [0.15, 0.2) is 60.9 Å². The molecule has 40 heavy (non-hydrogen) atoms. The number of hydrogen-bond acceptors (Lipinski definition) is 7. The fourth-order valence-electron chi connectivity index (χ4n) is 4.10. The first-order chi connectivity index (χ1) is 19.3. The molecule has 13 heteroatoms. The monoisotopic (exact) mass is 548 g/mol. The Kier molecular flexibility index (Phi) is 8.86. The summed E-state index contributed by atoms with van der Waals surface area (Å²) in [4.78, 5) is 48.0. The maximum Gasteiger partial charge on any atom is 0.323 e. The van der Waals surface area contributed by atoms with Crippen molar-refractivity contribution in [3.63, 3.8) is 0 Å². The first-order valence-corrected chi connectivity index (χ1v) is 12.5. The summed E-state index contributed by atoms with van der Waals surface area (Å²) in [5.74, 6) is -0.569. The van der Waals surface area contributed by atoms with Crippen LogP contribution in [0, 0.1) is 5.82 Å². The molecule has 0 radical (unpaired) electrons. The third kappa shape index (κ3) is 6.69. The molecule has 2 heterocycles. The highest BCUT2D eigenvalue weighted by molar-refractivity contribution is 6.09. The number of aromatic nitrogens is 3. The molecule has 12 nitrogen and oxygen atoms in total. The summed E-state index contributed by atoms with van der Waals surface area (Å²) in [5.41, 5.74) is 7.63. The molecule has 4 aromatic rings. The van der Waals surface area contributed by atoms with Crippen LogP contribution < -0.4 is 21.7 Å². The Morgan fingerprint density at radius 3 is 2.42 bits per heavy atom. The summed E-state index contributed by atoms with van der Waals surface area (Å²) >= 11 is 0. The van der Waals surface area contributed by atoms with Crippen molar-refractivity contribution >= 4 is 46.2 Å². The average molecular weight is 549 g/mol. The molecule has 0 bridgehead atoms. The van der Waals surface area contributed by atoms with Crippen molar-refractivity contribution in [2.24, 2.45) is 0 Å². The molecule has 0 unspecified atom stereocenters. The van der Waals surface area contributed by atoms with Gasteiger partial charge >= 0.3 is 6.03 Å². The van der Waals surface area contributed by atoms with Gasteiger partial charge in [-0.25, -0.2) is 19.2 Å². The van der Waals surface area contributed by atoms with Crippen LogP contribution in [0.2, 0.25) is 0 Å². The lowest BCUT2D eigenvalue weighted by molar-refractivity contribution is -0.131. The highest BCUT2D eigenvalue weighted by Gasteiger charge is 2.21. The molecule has 0 atom stereocenters. The summed E-state index contributed by atoms with van der Waals surface area (Å²) in [5, 5.41) is 17.1. The number of imidazole rings is 1. The number of nitrogens with one attached hydrogen (secondary N) is 3. The second kappa shape index (κ2) is 12.7. The quantitative estimate of drug-likeness (QED) is 0.203. The number of aliphatic hydroxyl groups is 1. The summed E-state index contributed by atoms with van der Waals surface area (Å²) in [6.45, 7) is 2.42.